The van der Waals surface area contributed by atoms with Crippen LogP contribution in [0.1, 0.15) is 65.2 Å². The van der Waals surface area contributed by atoms with Crippen molar-refractivity contribution in [2.75, 3.05) is 18.8 Å². The van der Waals surface area contributed by atoms with Crippen LogP contribution in [-0.4, -0.2) is 36.1 Å². The SMILES string of the molecule is O=C(c1ccc2c(c1)SCC2)N1CCCCC1.O=CNC(c1ccc(C(F)(F)F)cc1F)C1CC1. The van der Waals surface area contributed by atoms with Crippen molar-refractivity contribution in [3.05, 3.63) is 64.5 Å². The molecule has 5 rings (SSSR count). The third-order valence-corrected chi connectivity index (χ3v) is 7.69. The van der Waals surface area contributed by atoms with Gasteiger partial charge < -0.3 is 10.2 Å². The number of rotatable bonds is 5. The summed E-state index contributed by atoms with van der Waals surface area (Å²) in [5.41, 5.74) is 1.37. The van der Waals surface area contributed by atoms with Crippen LogP contribution in [0, 0.1) is 11.7 Å². The van der Waals surface area contributed by atoms with Gasteiger partial charge in [-0.25, -0.2) is 4.39 Å². The van der Waals surface area contributed by atoms with E-state index in [4.69, 9.17) is 0 Å². The van der Waals surface area contributed by atoms with Gasteiger partial charge in [-0.1, -0.05) is 12.1 Å². The van der Waals surface area contributed by atoms with E-state index in [0.717, 1.165) is 68.6 Å². The number of carbonyl (C=O) groups is 2. The maximum atomic E-state index is 13.7. The van der Waals surface area contributed by atoms with Crippen LogP contribution in [0.4, 0.5) is 17.6 Å². The Bertz CT molecular complexity index is 1070. The minimum atomic E-state index is -4.56. The summed E-state index contributed by atoms with van der Waals surface area (Å²) < 4.78 is 50.8. The first-order valence-corrected chi connectivity index (χ1v) is 12.9. The molecule has 2 aromatic carbocycles. The Morgan fingerprint density at radius 2 is 1.83 bits per heavy atom. The molecule has 1 N–H and O–H groups in total. The van der Waals surface area contributed by atoms with E-state index in [1.54, 1.807) is 0 Å². The van der Waals surface area contributed by atoms with Crippen molar-refractivity contribution in [2.45, 2.75) is 55.6 Å². The Morgan fingerprint density at radius 1 is 1.09 bits per heavy atom. The number of aryl methyl sites for hydroxylation is 1. The van der Waals surface area contributed by atoms with E-state index in [0.29, 0.717) is 12.5 Å². The average molecular weight is 509 g/mol. The molecule has 2 amide bonds. The highest BCUT2D eigenvalue weighted by Gasteiger charge is 2.36. The van der Waals surface area contributed by atoms with Crippen LogP contribution in [0.3, 0.4) is 0 Å². The van der Waals surface area contributed by atoms with Crippen LogP contribution in [0.25, 0.3) is 0 Å². The van der Waals surface area contributed by atoms with Gasteiger partial charge in [0.2, 0.25) is 6.41 Å². The van der Waals surface area contributed by atoms with Crippen molar-refractivity contribution in [1.29, 1.82) is 0 Å². The van der Waals surface area contributed by atoms with Gasteiger partial charge in [0.15, 0.2) is 0 Å². The van der Waals surface area contributed by atoms with Crippen molar-refractivity contribution < 1.29 is 27.2 Å². The monoisotopic (exact) mass is 508 g/mol. The number of thioether (sulfide) groups is 1. The minimum absolute atomic E-state index is 0.109. The number of amides is 2. The Kier molecular flexibility index (Phi) is 8.04. The van der Waals surface area contributed by atoms with Gasteiger partial charge in [-0.15, -0.1) is 11.8 Å². The maximum Gasteiger partial charge on any atom is 0.416 e. The summed E-state index contributed by atoms with van der Waals surface area (Å²) in [7, 11) is 0. The number of fused-ring (bicyclic) bond motifs is 1. The van der Waals surface area contributed by atoms with E-state index < -0.39 is 23.6 Å². The molecule has 3 aliphatic rings. The molecule has 1 unspecified atom stereocenters. The molecule has 1 aliphatic carbocycles. The highest BCUT2D eigenvalue weighted by Crippen LogP contribution is 2.42. The van der Waals surface area contributed by atoms with Crippen LogP contribution < -0.4 is 5.32 Å². The molecular formula is C26H28F4N2O2S. The summed E-state index contributed by atoms with van der Waals surface area (Å²) in [6, 6.07) is 8.08. The van der Waals surface area contributed by atoms with Gasteiger partial charge in [0.05, 0.1) is 11.6 Å². The number of hydrogen-bond donors (Lipinski definition) is 1. The lowest BCUT2D eigenvalue weighted by Gasteiger charge is -2.26. The van der Waals surface area contributed by atoms with E-state index in [-0.39, 0.29) is 17.4 Å². The normalized spacial score (nSPS) is 18.2. The Balaban J connectivity index is 0.000000165. The number of nitrogens with zero attached hydrogens (tertiary/aromatic N) is 1. The zero-order chi connectivity index (χ0) is 25.0. The highest BCUT2D eigenvalue weighted by atomic mass is 32.2. The molecule has 1 saturated heterocycles. The Hall–Kier alpha value is -2.55. The molecule has 2 fully saturated rings. The minimum Gasteiger partial charge on any atom is -0.351 e. The first-order valence-electron chi connectivity index (χ1n) is 11.9. The fourth-order valence-electron chi connectivity index (χ4n) is 4.52. The van der Waals surface area contributed by atoms with Gasteiger partial charge in [0, 0.05) is 34.9 Å². The molecule has 0 aromatic heterocycles. The number of likely N-dealkylation sites (tertiary alicyclic amines) is 1. The van der Waals surface area contributed by atoms with Gasteiger partial charge in [-0.05, 0) is 74.3 Å². The van der Waals surface area contributed by atoms with Crippen molar-refractivity contribution >= 4 is 24.1 Å². The van der Waals surface area contributed by atoms with Gasteiger partial charge in [0.1, 0.15) is 5.82 Å². The molecule has 1 saturated carbocycles. The van der Waals surface area contributed by atoms with E-state index in [1.807, 2.05) is 22.7 Å². The quantitative estimate of drug-likeness (QED) is 0.398. The van der Waals surface area contributed by atoms with Crippen LogP contribution >= 0.6 is 11.8 Å². The first kappa shape index (κ1) is 25.5. The number of halogens is 4. The van der Waals surface area contributed by atoms with Crippen LogP contribution in [0.5, 0.6) is 0 Å². The molecule has 2 aromatic rings. The summed E-state index contributed by atoms with van der Waals surface area (Å²) in [5, 5.41) is 2.46. The second-order valence-corrected chi connectivity index (χ2v) is 10.2. The van der Waals surface area contributed by atoms with Gasteiger partial charge >= 0.3 is 6.18 Å². The van der Waals surface area contributed by atoms with Crippen molar-refractivity contribution in [1.82, 2.24) is 10.2 Å². The average Bonchev–Trinajstić information content (AvgIpc) is 3.58. The number of hydrogen-bond acceptors (Lipinski definition) is 3. The summed E-state index contributed by atoms with van der Waals surface area (Å²) in [6.07, 6.45) is 2.30. The summed E-state index contributed by atoms with van der Waals surface area (Å²) in [4.78, 5) is 26.1. The van der Waals surface area contributed by atoms with Gasteiger partial charge in [-0.2, -0.15) is 13.2 Å². The number of piperidine rings is 1. The van der Waals surface area contributed by atoms with E-state index >= 15 is 0 Å². The molecule has 188 valence electrons. The third kappa shape index (κ3) is 6.37. The molecule has 0 radical (unpaired) electrons. The lowest BCUT2D eigenvalue weighted by Crippen LogP contribution is -2.35. The Morgan fingerprint density at radius 3 is 2.46 bits per heavy atom. The number of alkyl halides is 3. The number of carbonyl (C=O) groups excluding carboxylic acids is 2. The smallest absolute Gasteiger partial charge is 0.351 e. The summed E-state index contributed by atoms with van der Waals surface area (Å²) in [6.45, 7) is 1.87. The molecule has 2 heterocycles. The molecule has 0 spiro atoms. The zero-order valence-electron chi connectivity index (χ0n) is 19.2. The Labute approximate surface area is 206 Å². The highest BCUT2D eigenvalue weighted by molar-refractivity contribution is 7.99. The van der Waals surface area contributed by atoms with Crippen LogP contribution in [0.2, 0.25) is 0 Å². The second-order valence-electron chi connectivity index (χ2n) is 9.11. The summed E-state index contributed by atoms with van der Waals surface area (Å²) in [5.74, 6) is 0.564. The topological polar surface area (TPSA) is 49.4 Å². The lowest BCUT2D eigenvalue weighted by molar-refractivity contribution is -0.137. The predicted octanol–water partition coefficient (Wildman–Crippen LogP) is 6.00. The van der Waals surface area contributed by atoms with Crippen LogP contribution in [-0.2, 0) is 17.4 Å². The maximum absolute atomic E-state index is 13.7. The molecular weight excluding hydrogens is 480 g/mol. The first-order chi connectivity index (χ1) is 16.8. The van der Waals surface area contributed by atoms with E-state index in [9.17, 15) is 27.2 Å². The number of nitrogens with one attached hydrogen (secondary N) is 1. The molecule has 35 heavy (non-hydrogen) atoms. The second kappa shape index (κ2) is 11.0. The fourth-order valence-corrected chi connectivity index (χ4v) is 5.63. The molecule has 0 bridgehead atoms. The van der Waals surface area contributed by atoms with E-state index in [2.05, 4.69) is 17.4 Å². The molecule has 9 heteroatoms. The van der Waals surface area contributed by atoms with Crippen molar-refractivity contribution in [3.8, 4) is 0 Å². The van der Waals surface area contributed by atoms with E-state index in [1.165, 1.54) is 16.9 Å². The zero-order valence-corrected chi connectivity index (χ0v) is 20.1. The van der Waals surface area contributed by atoms with Gasteiger partial charge in [-0.3, -0.25) is 9.59 Å². The molecule has 1 atom stereocenters. The standard InChI is InChI=1S/C14H17NOS.C12H11F4NO/c16-14(15-7-2-1-3-8-15)12-5-4-11-6-9-17-13(11)10-12;13-10-5-8(12(14,15)16)3-4-9(10)11(17-6-18)7-1-2-7/h4-5,10H,1-3,6-9H2;3-7,11H,1-2H2,(H,17,18). The largest absolute Gasteiger partial charge is 0.416 e. The predicted molar refractivity (Wildman–Crippen MR) is 127 cm³/mol. The third-order valence-electron chi connectivity index (χ3n) is 6.59. The summed E-state index contributed by atoms with van der Waals surface area (Å²) >= 11 is 1.88. The molecule has 2 aliphatic heterocycles. The van der Waals surface area contributed by atoms with Crippen molar-refractivity contribution in [2.24, 2.45) is 5.92 Å². The fraction of sp³-hybridized carbons (Fsp3) is 0.462. The number of benzene rings is 2. The van der Waals surface area contributed by atoms with Gasteiger partial charge in [0.25, 0.3) is 5.91 Å². The van der Waals surface area contributed by atoms with Crippen LogP contribution in [0.15, 0.2) is 41.3 Å². The molecule has 4 nitrogen and oxygen atoms in total. The lowest BCUT2D eigenvalue weighted by atomic mass is 10.00. The van der Waals surface area contributed by atoms with Crippen molar-refractivity contribution in [3.63, 3.8) is 0 Å².